The molecule has 1 aromatic heterocycles. The summed E-state index contributed by atoms with van der Waals surface area (Å²) in [5.74, 6) is 0.0368. The summed E-state index contributed by atoms with van der Waals surface area (Å²) in [6, 6.07) is 24.9. The summed E-state index contributed by atoms with van der Waals surface area (Å²) in [7, 11) is 0. The minimum absolute atomic E-state index is 0.0368. The topological polar surface area (TPSA) is 48.5 Å². The van der Waals surface area contributed by atoms with Crippen LogP contribution < -0.4 is 5.32 Å². The number of rotatable bonds is 6. The second-order valence-corrected chi connectivity index (χ2v) is 9.68. The minimum atomic E-state index is 0.0368. The van der Waals surface area contributed by atoms with Gasteiger partial charge in [-0.3, -0.25) is 14.6 Å². The van der Waals surface area contributed by atoms with E-state index in [2.05, 4.69) is 70.6 Å². The van der Waals surface area contributed by atoms with Crippen LogP contribution in [0.1, 0.15) is 11.1 Å². The predicted molar refractivity (Wildman–Crippen MR) is 137 cm³/mol. The van der Waals surface area contributed by atoms with Crippen LogP contribution in [0.4, 0.5) is 5.69 Å². The number of anilines is 1. The summed E-state index contributed by atoms with van der Waals surface area (Å²) in [4.78, 5) is 22.0. The van der Waals surface area contributed by atoms with Gasteiger partial charge >= 0.3 is 0 Å². The lowest BCUT2D eigenvalue weighted by atomic mass is 10.2. The first-order valence-electron chi connectivity index (χ1n) is 11.4. The van der Waals surface area contributed by atoms with Gasteiger partial charge in [-0.05, 0) is 54.4 Å². The first-order valence-corrected chi connectivity index (χ1v) is 12.2. The molecule has 1 N–H and O–H groups in total. The normalized spacial score (nSPS) is 15.1. The molecule has 3 aromatic carbocycles. The molecule has 0 aliphatic carbocycles. The van der Waals surface area contributed by atoms with Gasteiger partial charge in [-0.2, -0.15) is 0 Å². The van der Waals surface area contributed by atoms with Crippen LogP contribution in [0.25, 0.3) is 20.8 Å². The van der Waals surface area contributed by atoms with Gasteiger partial charge < -0.3 is 5.32 Å². The van der Waals surface area contributed by atoms with E-state index < -0.39 is 0 Å². The van der Waals surface area contributed by atoms with Crippen molar-refractivity contribution in [2.24, 2.45) is 0 Å². The van der Waals surface area contributed by atoms with Crippen molar-refractivity contribution in [1.82, 2.24) is 14.8 Å². The number of amides is 1. The Bertz CT molecular complexity index is 1230. The molecule has 0 bridgehead atoms. The summed E-state index contributed by atoms with van der Waals surface area (Å²) < 4.78 is 1.20. The zero-order valence-electron chi connectivity index (χ0n) is 18.8. The van der Waals surface area contributed by atoms with Gasteiger partial charge in [-0.25, -0.2) is 4.98 Å². The Morgan fingerprint density at radius 3 is 2.42 bits per heavy atom. The summed E-state index contributed by atoms with van der Waals surface area (Å²) in [6.07, 6.45) is 0. The summed E-state index contributed by atoms with van der Waals surface area (Å²) in [5.41, 5.74) is 5.51. The minimum Gasteiger partial charge on any atom is -0.325 e. The quantitative estimate of drug-likeness (QED) is 0.442. The molecule has 4 aromatic rings. The third kappa shape index (κ3) is 5.47. The molecule has 2 heterocycles. The molecular formula is C27H28N4OS. The molecule has 1 aliphatic rings. The highest BCUT2D eigenvalue weighted by Crippen LogP contribution is 2.31. The fourth-order valence-electron chi connectivity index (χ4n) is 4.20. The summed E-state index contributed by atoms with van der Waals surface area (Å²) >= 11 is 1.70. The Hall–Kier alpha value is -3.06. The number of hydrogen-bond acceptors (Lipinski definition) is 5. The van der Waals surface area contributed by atoms with Crippen LogP contribution in [0.2, 0.25) is 0 Å². The van der Waals surface area contributed by atoms with E-state index >= 15 is 0 Å². The van der Waals surface area contributed by atoms with Crippen LogP contribution in [0, 0.1) is 6.92 Å². The van der Waals surface area contributed by atoms with Gasteiger partial charge in [0.2, 0.25) is 5.91 Å². The van der Waals surface area contributed by atoms with Crippen LogP contribution in [-0.2, 0) is 11.3 Å². The number of hydrogen-bond donors (Lipinski definition) is 1. The Labute approximate surface area is 198 Å². The molecule has 6 heteroatoms. The first-order chi connectivity index (χ1) is 16.1. The molecular weight excluding hydrogens is 428 g/mol. The smallest absolute Gasteiger partial charge is 0.238 e. The lowest BCUT2D eigenvalue weighted by Gasteiger charge is -2.34. The maximum atomic E-state index is 12.6. The number of aromatic nitrogens is 1. The third-order valence-electron chi connectivity index (χ3n) is 6.04. The number of thiazole rings is 1. The first kappa shape index (κ1) is 21.8. The maximum Gasteiger partial charge on any atom is 0.238 e. The highest BCUT2D eigenvalue weighted by atomic mass is 32.1. The van der Waals surface area contributed by atoms with Crippen LogP contribution in [-0.4, -0.2) is 53.4 Å². The molecule has 1 saturated heterocycles. The summed E-state index contributed by atoms with van der Waals surface area (Å²) in [6.45, 7) is 7.30. The van der Waals surface area contributed by atoms with Crippen LogP contribution in [0.5, 0.6) is 0 Å². The number of carbonyl (C=O) groups is 1. The Balaban J connectivity index is 1.12. The number of nitrogens with zero attached hydrogens (tertiary/aromatic N) is 3. The van der Waals surface area contributed by atoms with Crippen molar-refractivity contribution in [1.29, 1.82) is 0 Å². The molecule has 5 nitrogen and oxygen atoms in total. The molecule has 0 spiro atoms. The lowest BCUT2D eigenvalue weighted by Crippen LogP contribution is -2.48. The highest BCUT2D eigenvalue weighted by Gasteiger charge is 2.19. The van der Waals surface area contributed by atoms with Crippen molar-refractivity contribution in [2.45, 2.75) is 13.5 Å². The van der Waals surface area contributed by atoms with E-state index in [9.17, 15) is 4.79 Å². The molecule has 0 unspecified atom stereocenters. The Kier molecular flexibility index (Phi) is 6.48. The molecule has 0 radical (unpaired) electrons. The van der Waals surface area contributed by atoms with E-state index in [1.54, 1.807) is 11.3 Å². The van der Waals surface area contributed by atoms with Crippen LogP contribution in [0.3, 0.4) is 0 Å². The number of piperazine rings is 1. The molecule has 0 saturated carbocycles. The van der Waals surface area contributed by atoms with E-state index in [0.29, 0.717) is 6.54 Å². The van der Waals surface area contributed by atoms with Gasteiger partial charge in [0.15, 0.2) is 0 Å². The predicted octanol–water partition coefficient (Wildman–Crippen LogP) is 5.03. The van der Waals surface area contributed by atoms with E-state index in [0.717, 1.165) is 54.5 Å². The van der Waals surface area contributed by atoms with E-state index in [-0.39, 0.29) is 5.91 Å². The maximum absolute atomic E-state index is 12.6. The zero-order chi connectivity index (χ0) is 22.6. The van der Waals surface area contributed by atoms with Crippen molar-refractivity contribution in [3.63, 3.8) is 0 Å². The van der Waals surface area contributed by atoms with Crippen molar-refractivity contribution in [3.8, 4) is 10.6 Å². The Morgan fingerprint density at radius 2 is 1.67 bits per heavy atom. The molecule has 33 heavy (non-hydrogen) atoms. The van der Waals surface area contributed by atoms with E-state index in [4.69, 9.17) is 4.98 Å². The van der Waals surface area contributed by atoms with Gasteiger partial charge in [-0.15, -0.1) is 11.3 Å². The number of aryl methyl sites for hydroxylation is 1. The average molecular weight is 457 g/mol. The van der Waals surface area contributed by atoms with Gasteiger partial charge in [-0.1, -0.05) is 36.4 Å². The Morgan fingerprint density at radius 1 is 0.939 bits per heavy atom. The molecule has 5 rings (SSSR count). The van der Waals surface area contributed by atoms with E-state index in [1.807, 2.05) is 24.3 Å². The fourth-order valence-corrected chi connectivity index (χ4v) is 5.27. The van der Waals surface area contributed by atoms with Gasteiger partial charge in [0.25, 0.3) is 0 Å². The largest absolute Gasteiger partial charge is 0.325 e. The standard InChI is InChI=1S/C27H28N4OS/c1-20-7-12-24-25(17-20)33-27(29-24)22-8-10-23(11-9-22)28-26(32)19-31-15-13-30(14-16-31)18-21-5-3-2-4-6-21/h2-12,17H,13-16,18-19H2,1H3,(H,28,32). The van der Waals surface area contributed by atoms with E-state index in [1.165, 1.54) is 15.8 Å². The van der Waals surface area contributed by atoms with Gasteiger partial charge in [0.05, 0.1) is 16.8 Å². The number of carbonyl (C=O) groups excluding carboxylic acids is 1. The molecule has 0 atom stereocenters. The second kappa shape index (κ2) is 9.83. The van der Waals surface area contributed by atoms with Crippen LogP contribution >= 0.6 is 11.3 Å². The molecule has 1 fully saturated rings. The van der Waals surface area contributed by atoms with Gasteiger partial charge in [0, 0.05) is 44.0 Å². The molecule has 1 aliphatic heterocycles. The summed E-state index contributed by atoms with van der Waals surface area (Å²) in [5, 5.41) is 4.04. The lowest BCUT2D eigenvalue weighted by molar-refractivity contribution is -0.117. The zero-order valence-corrected chi connectivity index (χ0v) is 19.6. The van der Waals surface area contributed by atoms with Crippen molar-refractivity contribution in [2.75, 3.05) is 38.0 Å². The fraction of sp³-hybridized carbons (Fsp3) is 0.259. The molecule has 1 amide bonds. The number of fused-ring (bicyclic) bond motifs is 1. The van der Waals surface area contributed by atoms with Crippen LogP contribution in [0.15, 0.2) is 72.8 Å². The van der Waals surface area contributed by atoms with Gasteiger partial charge in [0.1, 0.15) is 5.01 Å². The SMILES string of the molecule is Cc1ccc2nc(-c3ccc(NC(=O)CN4CCN(Cc5ccccc5)CC4)cc3)sc2c1. The third-order valence-corrected chi connectivity index (χ3v) is 7.11. The number of nitrogens with one attached hydrogen (secondary N) is 1. The number of benzene rings is 3. The second-order valence-electron chi connectivity index (χ2n) is 8.65. The monoisotopic (exact) mass is 456 g/mol. The highest BCUT2D eigenvalue weighted by molar-refractivity contribution is 7.21. The van der Waals surface area contributed by atoms with Crippen molar-refractivity contribution >= 4 is 33.1 Å². The molecule has 168 valence electrons. The van der Waals surface area contributed by atoms with Crippen molar-refractivity contribution in [3.05, 3.63) is 83.9 Å². The average Bonchev–Trinajstić information content (AvgIpc) is 3.25. The van der Waals surface area contributed by atoms with Crippen molar-refractivity contribution < 1.29 is 4.79 Å².